The molecule has 2 heterocycles. The SMILES string of the molecule is COc1ccc(Br)cc1C1OC23CCCCCC2C(C#N)(C(=N)O3)C1(C#N)C#N. The fraction of sp³-hybridized carbons (Fsp3) is 0.524. The van der Waals surface area contributed by atoms with Crippen molar-refractivity contribution in [1.29, 1.82) is 21.2 Å². The number of halogens is 1. The summed E-state index contributed by atoms with van der Waals surface area (Å²) >= 11 is 3.43. The Morgan fingerprint density at radius 2 is 1.93 bits per heavy atom. The molecule has 1 saturated carbocycles. The maximum absolute atomic E-state index is 10.3. The standard InChI is InChI=1S/C21H19BrN4O3/c1-27-15-7-6-13(22)9-14(15)17-19(10-23,11-24)20(12-25)16-5-3-2-4-8-21(16,28-17)29-18(20)26/h6-7,9,16-17,26H,2-5,8H2,1H3. The third-order valence-electron chi connectivity index (χ3n) is 6.54. The molecule has 3 fully saturated rings. The zero-order valence-corrected chi connectivity index (χ0v) is 17.5. The van der Waals surface area contributed by atoms with Crippen LogP contribution in [-0.2, 0) is 9.47 Å². The second-order valence-corrected chi connectivity index (χ2v) is 8.65. The van der Waals surface area contributed by atoms with Crippen LogP contribution in [-0.4, -0.2) is 18.8 Å². The van der Waals surface area contributed by atoms with Gasteiger partial charge in [-0.3, -0.25) is 5.41 Å². The molecule has 3 aliphatic rings. The second-order valence-electron chi connectivity index (χ2n) is 7.73. The Bertz CT molecular complexity index is 993. The molecule has 2 aliphatic heterocycles. The van der Waals surface area contributed by atoms with Gasteiger partial charge in [0.05, 0.1) is 31.2 Å². The Balaban J connectivity index is 2.04. The predicted octanol–water partition coefficient (Wildman–Crippen LogP) is 4.36. The van der Waals surface area contributed by atoms with Gasteiger partial charge in [0.25, 0.3) is 0 Å². The van der Waals surface area contributed by atoms with Crippen molar-refractivity contribution in [2.45, 2.75) is 44.0 Å². The predicted molar refractivity (Wildman–Crippen MR) is 104 cm³/mol. The molecule has 8 heteroatoms. The maximum Gasteiger partial charge on any atom is 0.217 e. The molecule has 4 unspecified atom stereocenters. The number of hydrogen-bond acceptors (Lipinski definition) is 7. The van der Waals surface area contributed by atoms with Crippen molar-refractivity contribution in [2.24, 2.45) is 16.7 Å². The van der Waals surface area contributed by atoms with Gasteiger partial charge in [-0.1, -0.05) is 28.8 Å². The first kappa shape index (κ1) is 19.7. The van der Waals surface area contributed by atoms with Crippen LogP contribution in [0.4, 0.5) is 0 Å². The number of nitrogens with one attached hydrogen (secondary N) is 1. The van der Waals surface area contributed by atoms with Gasteiger partial charge in [0, 0.05) is 16.5 Å². The van der Waals surface area contributed by atoms with E-state index in [4.69, 9.17) is 19.6 Å². The Morgan fingerprint density at radius 3 is 2.59 bits per heavy atom. The minimum atomic E-state index is -1.96. The van der Waals surface area contributed by atoms with E-state index >= 15 is 0 Å². The number of benzene rings is 1. The number of rotatable bonds is 2. The van der Waals surface area contributed by atoms with E-state index in [0.29, 0.717) is 24.2 Å². The van der Waals surface area contributed by atoms with Crippen LogP contribution in [0.5, 0.6) is 5.75 Å². The molecule has 2 bridgehead atoms. The number of nitrogens with zero attached hydrogens (tertiary/aromatic N) is 3. The van der Waals surface area contributed by atoms with Crippen LogP contribution in [0, 0.1) is 56.2 Å². The van der Waals surface area contributed by atoms with Crippen molar-refractivity contribution in [3.63, 3.8) is 0 Å². The van der Waals surface area contributed by atoms with Crippen LogP contribution in [0.3, 0.4) is 0 Å². The highest BCUT2D eigenvalue weighted by molar-refractivity contribution is 9.10. The molecule has 29 heavy (non-hydrogen) atoms. The highest BCUT2D eigenvalue weighted by Gasteiger charge is 2.80. The lowest BCUT2D eigenvalue weighted by Gasteiger charge is -2.49. The van der Waals surface area contributed by atoms with Crippen LogP contribution >= 0.6 is 15.9 Å². The van der Waals surface area contributed by atoms with E-state index < -0.39 is 28.6 Å². The molecule has 0 spiro atoms. The van der Waals surface area contributed by atoms with E-state index in [2.05, 4.69) is 34.1 Å². The van der Waals surface area contributed by atoms with Gasteiger partial charge in [0.15, 0.2) is 5.41 Å². The number of methoxy groups -OCH3 is 1. The fourth-order valence-electron chi connectivity index (χ4n) is 5.23. The second kappa shape index (κ2) is 6.73. The lowest BCUT2D eigenvalue weighted by Crippen LogP contribution is -2.59. The quantitative estimate of drug-likeness (QED) is 0.707. The zero-order chi connectivity index (χ0) is 20.9. The van der Waals surface area contributed by atoms with Gasteiger partial charge in [0.2, 0.25) is 17.1 Å². The Labute approximate surface area is 177 Å². The normalized spacial score (nSPS) is 34.5. The molecular weight excluding hydrogens is 436 g/mol. The van der Waals surface area contributed by atoms with E-state index in [1.165, 1.54) is 7.11 Å². The van der Waals surface area contributed by atoms with Gasteiger partial charge in [-0.25, -0.2) is 0 Å². The van der Waals surface area contributed by atoms with Crippen LogP contribution in [0.25, 0.3) is 0 Å². The van der Waals surface area contributed by atoms with E-state index in [9.17, 15) is 15.8 Å². The van der Waals surface area contributed by atoms with Crippen molar-refractivity contribution in [1.82, 2.24) is 0 Å². The van der Waals surface area contributed by atoms with E-state index in [0.717, 1.165) is 23.7 Å². The molecule has 4 atom stereocenters. The number of nitriles is 3. The van der Waals surface area contributed by atoms with Crippen molar-refractivity contribution >= 4 is 21.8 Å². The van der Waals surface area contributed by atoms with Crippen LogP contribution in [0.2, 0.25) is 0 Å². The minimum absolute atomic E-state index is 0.341. The lowest BCUT2D eigenvalue weighted by atomic mass is 9.52. The van der Waals surface area contributed by atoms with Crippen molar-refractivity contribution in [3.8, 4) is 24.0 Å². The smallest absolute Gasteiger partial charge is 0.217 e. The summed E-state index contributed by atoms with van der Waals surface area (Å²) < 4.78 is 18.6. The molecule has 0 aromatic heterocycles. The van der Waals surface area contributed by atoms with Crippen LogP contribution in [0.1, 0.15) is 43.8 Å². The summed E-state index contributed by atoms with van der Waals surface area (Å²) in [4.78, 5) is 0. The maximum atomic E-state index is 10.3. The highest BCUT2D eigenvalue weighted by atomic mass is 79.9. The van der Waals surface area contributed by atoms with Crippen LogP contribution < -0.4 is 4.74 Å². The summed E-state index contributed by atoms with van der Waals surface area (Å²) in [5.41, 5.74) is -3.19. The van der Waals surface area contributed by atoms with Gasteiger partial charge < -0.3 is 14.2 Å². The monoisotopic (exact) mass is 454 g/mol. The molecule has 1 aromatic carbocycles. The molecule has 0 amide bonds. The van der Waals surface area contributed by atoms with Gasteiger partial charge in [-0.15, -0.1) is 0 Å². The third-order valence-corrected chi connectivity index (χ3v) is 7.03. The average Bonchev–Trinajstić information content (AvgIpc) is 2.85. The molecule has 2 saturated heterocycles. The van der Waals surface area contributed by atoms with Crippen molar-refractivity contribution in [2.75, 3.05) is 7.11 Å². The Kier molecular flexibility index (Phi) is 4.57. The van der Waals surface area contributed by atoms with Crippen molar-refractivity contribution < 1.29 is 14.2 Å². The van der Waals surface area contributed by atoms with E-state index in [1.807, 2.05) is 0 Å². The summed E-state index contributed by atoms with van der Waals surface area (Å²) in [7, 11) is 1.50. The van der Waals surface area contributed by atoms with Gasteiger partial charge in [-0.05, 0) is 31.0 Å². The molecule has 0 radical (unpaired) electrons. The Hall–Kier alpha value is -2.60. The fourth-order valence-corrected chi connectivity index (χ4v) is 5.61. The van der Waals surface area contributed by atoms with Gasteiger partial charge in [-0.2, -0.15) is 15.8 Å². The van der Waals surface area contributed by atoms with Crippen molar-refractivity contribution in [3.05, 3.63) is 28.2 Å². The first-order valence-corrected chi connectivity index (χ1v) is 10.3. The van der Waals surface area contributed by atoms with Crippen LogP contribution in [0.15, 0.2) is 22.7 Å². The summed E-state index contributed by atoms with van der Waals surface area (Å²) in [6.07, 6.45) is 2.54. The first-order chi connectivity index (χ1) is 13.9. The van der Waals surface area contributed by atoms with Gasteiger partial charge >= 0.3 is 0 Å². The van der Waals surface area contributed by atoms with E-state index in [-0.39, 0.29) is 5.90 Å². The molecule has 1 aliphatic carbocycles. The molecule has 148 valence electrons. The molecule has 1 N–H and O–H groups in total. The largest absolute Gasteiger partial charge is 0.496 e. The third kappa shape index (κ3) is 2.32. The van der Waals surface area contributed by atoms with Gasteiger partial charge in [0.1, 0.15) is 11.9 Å². The molecule has 7 nitrogen and oxygen atoms in total. The topological polar surface area (TPSA) is 123 Å². The highest BCUT2D eigenvalue weighted by Crippen LogP contribution is 2.69. The van der Waals surface area contributed by atoms with E-state index in [1.54, 1.807) is 18.2 Å². The molecular formula is C21H19BrN4O3. The lowest BCUT2D eigenvalue weighted by molar-refractivity contribution is -0.285. The number of ether oxygens (including phenoxy) is 3. The zero-order valence-electron chi connectivity index (χ0n) is 15.9. The summed E-state index contributed by atoms with van der Waals surface area (Å²) in [6, 6.07) is 11.6. The number of hydrogen-bond donors (Lipinski definition) is 1. The molecule has 1 aromatic rings. The first-order valence-electron chi connectivity index (χ1n) is 9.47. The Morgan fingerprint density at radius 1 is 1.17 bits per heavy atom. The average molecular weight is 455 g/mol. The molecule has 4 rings (SSSR count). The minimum Gasteiger partial charge on any atom is -0.496 e. The summed E-state index contributed by atoms with van der Waals surface area (Å²) in [5.74, 6) is -1.65. The summed E-state index contributed by atoms with van der Waals surface area (Å²) in [6.45, 7) is 0. The summed E-state index contributed by atoms with van der Waals surface area (Å²) in [5, 5.41) is 39.5.